The Bertz CT molecular complexity index is 1120. The lowest BCUT2D eigenvalue weighted by Crippen LogP contribution is -2.32. The molecule has 1 aliphatic heterocycles. The molecule has 5 heteroatoms. The first-order valence-electron chi connectivity index (χ1n) is 9.81. The predicted molar refractivity (Wildman–Crippen MR) is 118 cm³/mol. The van der Waals surface area contributed by atoms with Crippen molar-refractivity contribution in [3.63, 3.8) is 0 Å². The average Bonchev–Trinajstić information content (AvgIpc) is 3.04. The summed E-state index contributed by atoms with van der Waals surface area (Å²) in [5.74, 6) is -0.162. The number of benzene rings is 3. The van der Waals surface area contributed by atoms with E-state index in [9.17, 15) is 9.59 Å². The van der Waals surface area contributed by atoms with Gasteiger partial charge in [-0.3, -0.25) is 9.59 Å². The van der Waals surface area contributed by atoms with Crippen LogP contribution in [0.15, 0.2) is 84.6 Å². The second-order valence-electron chi connectivity index (χ2n) is 6.91. The third-order valence-electron chi connectivity index (χ3n) is 5.12. The van der Waals surface area contributed by atoms with E-state index in [1.54, 1.807) is 13.2 Å². The molecular formula is C25H22N2O3. The summed E-state index contributed by atoms with van der Waals surface area (Å²) in [6, 6.07) is 24.0. The standard InChI is InChI=1S/C25H22N2O3/c1-3-17-13-15-19(16-14-17)27-24(28)22(18-9-5-4-6-10-18)23(25(27)29)26-20-11-7-8-12-21(20)30-2/h4-16,26H,3H2,1-2H3. The predicted octanol–water partition coefficient (Wildman–Crippen LogP) is 4.65. The Labute approximate surface area is 175 Å². The summed E-state index contributed by atoms with van der Waals surface area (Å²) >= 11 is 0. The molecule has 3 aromatic carbocycles. The molecule has 1 heterocycles. The van der Waals surface area contributed by atoms with Gasteiger partial charge < -0.3 is 10.1 Å². The topological polar surface area (TPSA) is 58.6 Å². The minimum atomic E-state index is -0.394. The van der Waals surface area contributed by atoms with Gasteiger partial charge >= 0.3 is 0 Å². The fourth-order valence-electron chi connectivity index (χ4n) is 3.52. The SMILES string of the molecule is CCc1ccc(N2C(=O)C(Nc3ccccc3OC)=C(c3ccccc3)C2=O)cc1. The van der Waals surface area contributed by atoms with E-state index >= 15 is 0 Å². The van der Waals surface area contributed by atoms with Crippen LogP contribution in [0.2, 0.25) is 0 Å². The fraction of sp³-hybridized carbons (Fsp3) is 0.120. The van der Waals surface area contributed by atoms with Gasteiger partial charge in [-0.05, 0) is 41.8 Å². The minimum absolute atomic E-state index is 0.232. The maximum atomic E-state index is 13.4. The van der Waals surface area contributed by atoms with E-state index in [-0.39, 0.29) is 11.6 Å². The van der Waals surface area contributed by atoms with Gasteiger partial charge in [0.15, 0.2) is 0 Å². The Morgan fingerprint density at radius 1 is 0.833 bits per heavy atom. The van der Waals surface area contributed by atoms with Crippen molar-refractivity contribution in [3.05, 3.63) is 95.7 Å². The number of nitrogens with one attached hydrogen (secondary N) is 1. The third-order valence-corrected chi connectivity index (χ3v) is 5.12. The van der Waals surface area contributed by atoms with Crippen molar-refractivity contribution in [1.82, 2.24) is 0 Å². The zero-order valence-electron chi connectivity index (χ0n) is 16.9. The fourth-order valence-corrected chi connectivity index (χ4v) is 3.52. The Morgan fingerprint density at radius 2 is 1.50 bits per heavy atom. The van der Waals surface area contributed by atoms with Crippen molar-refractivity contribution in [1.29, 1.82) is 0 Å². The van der Waals surface area contributed by atoms with Crippen molar-refractivity contribution in [3.8, 4) is 5.75 Å². The van der Waals surface area contributed by atoms with E-state index < -0.39 is 5.91 Å². The molecule has 0 unspecified atom stereocenters. The molecule has 0 aromatic heterocycles. The summed E-state index contributed by atoms with van der Waals surface area (Å²) in [4.78, 5) is 28.0. The number of anilines is 2. The van der Waals surface area contributed by atoms with Crippen LogP contribution in [-0.4, -0.2) is 18.9 Å². The maximum Gasteiger partial charge on any atom is 0.282 e. The van der Waals surface area contributed by atoms with Gasteiger partial charge in [0.05, 0.1) is 24.1 Å². The van der Waals surface area contributed by atoms with Gasteiger partial charge in [0.2, 0.25) is 0 Å². The van der Waals surface area contributed by atoms with E-state index in [0.717, 1.165) is 12.0 Å². The molecule has 4 rings (SSSR count). The Kier molecular flexibility index (Phi) is 5.35. The molecule has 150 valence electrons. The summed E-state index contributed by atoms with van der Waals surface area (Å²) in [6.45, 7) is 2.06. The Hall–Kier alpha value is -3.86. The number of amides is 2. The van der Waals surface area contributed by atoms with E-state index in [2.05, 4.69) is 12.2 Å². The third kappa shape index (κ3) is 3.46. The van der Waals surface area contributed by atoms with Gasteiger partial charge in [0.1, 0.15) is 11.4 Å². The highest BCUT2D eigenvalue weighted by Crippen LogP contribution is 2.35. The monoisotopic (exact) mass is 398 g/mol. The van der Waals surface area contributed by atoms with Crippen LogP contribution in [0.25, 0.3) is 5.57 Å². The number of rotatable bonds is 6. The zero-order valence-corrected chi connectivity index (χ0v) is 16.9. The molecular weight excluding hydrogens is 376 g/mol. The average molecular weight is 398 g/mol. The summed E-state index contributed by atoms with van der Waals surface area (Å²) in [6.07, 6.45) is 0.885. The summed E-state index contributed by atoms with van der Waals surface area (Å²) in [5, 5.41) is 3.15. The molecule has 0 radical (unpaired) electrons. The summed E-state index contributed by atoms with van der Waals surface area (Å²) in [5.41, 5.74) is 3.56. The lowest BCUT2D eigenvalue weighted by atomic mass is 10.0. The first-order valence-corrected chi connectivity index (χ1v) is 9.81. The molecule has 0 spiro atoms. The highest BCUT2D eigenvalue weighted by molar-refractivity contribution is 6.46. The zero-order chi connectivity index (χ0) is 21.1. The smallest absolute Gasteiger partial charge is 0.282 e. The van der Waals surface area contributed by atoms with Gasteiger partial charge in [0, 0.05) is 0 Å². The number of ether oxygens (including phenoxy) is 1. The molecule has 5 nitrogen and oxygen atoms in total. The van der Waals surface area contributed by atoms with Crippen molar-refractivity contribution >= 4 is 28.8 Å². The lowest BCUT2D eigenvalue weighted by Gasteiger charge is -2.16. The number of nitrogens with zero attached hydrogens (tertiary/aromatic N) is 1. The van der Waals surface area contributed by atoms with Gasteiger partial charge in [-0.1, -0.05) is 61.5 Å². The van der Waals surface area contributed by atoms with E-state index in [1.165, 1.54) is 4.90 Å². The van der Waals surface area contributed by atoms with Crippen LogP contribution in [-0.2, 0) is 16.0 Å². The molecule has 0 saturated heterocycles. The van der Waals surface area contributed by atoms with Crippen LogP contribution in [0.4, 0.5) is 11.4 Å². The molecule has 0 bridgehead atoms. The molecule has 1 N–H and O–H groups in total. The normalized spacial score (nSPS) is 13.7. The van der Waals surface area contributed by atoms with Crippen LogP contribution in [0.5, 0.6) is 5.75 Å². The molecule has 30 heavy (non-hydrogen) atoms. The van der Waals surface area contributed by atoms with Crippen LogP contribution in [0, 0.1) is 0 Å². The van der Waals surface area contributed by atoms with Gasteiger partial charge in [-0.25, -0.2) is 4.90 Å². The van der Waals surface area contributed by atoms with Crippen LogP contribution < -0.4 is 15.0 Å². The Balaban J connectivity index is 1.80. The van der Waals surface area contributed by atoms with E-state index in [0.29, 0.717) is 28.3 Å². The van der Waals surface area contributed by atoms with Crippen molar-refractivity contribution in [2.24, 2.45) is 0 Å². The number of hydrogen-bond acceptors (Lipinski definition) is 4. The first kappa shape index (κ1) is 19.5. The van der Waals surface area contributed by atoms with Crippen molar-refractivity contribution < 1.29 is 14.3 Å². The van der Waals surface area contributed by atoms with E-state index in [1.807, 2.05) is 72.8 Å². The van der Waals surface area contributed by atoms with E-state index in [4.69, 9.17) is 4.74 Å². The van der Waals surface area contributed by atoms with Crippen molar-refractivity contribution in [2.45, 2.75) is 13.3 Å². The molecule has 0 saturated carbocycles. The summed E-state index contributed by atoms with van der Waals surface area (Å²) in [7, 11) is 1.57. The number of carbonyl (C=O) groups is 2. The van der Waals surface area contributed by atoms with Gasteiger partial charge in [-0.2, -0.15) is 0 Å². The first-order chi connectivity index (χ1) is 14.6. The number of aryl methyl sites for hydroxylation is 1. The number of hydrogen-bond donors (Lipinski definition) is 1. The molecule has 3 aromatic rings. The second-order valence-corrected chi connectivity index (χ2v) is 6.91. The van der Waals surface area contributed by atoms with Crippen molar-refractivity contribution in [2.75, 3.05) is 17.3 Å². The maximum absolute atomic E-state index is 13.4. The van der Waals surface area contributed by atoms with Crippen LogP contribution in [0.1, 0.15) is 18.1 Å². The number of imide groups is 1. The highest BCUT2D eigenvalue weighted by atomic mass is 16.5. The van der Waals surface area contributed by atoms with Crippen LogP contribution in [0.3, 0.4) is 0 Å². The molecule has 0 fully saturated rings. The number of carbonyl (C=O) groups excluding carboxylic acids is 2. The molecule has 0 atom stereocenters. The Morgan fingerprint density at radius 3 is 2.17 bits per heavy atom. The number of methoxy groups -OCH3 is 1. The minimum Gasteiger partial charge on any atom is -0.495 e. The highest BCUT2D eigenvalue weighted by Gasteiger charge is 2.40. The molecule has 2 amide bonds. The molecule has 1 aliphatic rings. The van der Waals surface area contributed by atoms with Gasteiger partial charge in [0.25, 0.3) is 11.8 Å². The number of para-hydroxylation sites is 2. The molecule has 0 aliphatic carbocycles. The quantitative estimate of drug-likeness (QED) is 0.614. The van der Waals surface area contributed by atoms with Gasteiger partial charge in [-0.15, -0.1) is 0 Å². The lowest BCUT2D eigenvalue weighted by molar-refractivity contribution is -0.120. The summed E-state index contributed by atoms with van der Waals surface area (Å²) < 4.78 is 5.40. The largest absolute Gasteiger partial charge is 0.495 e. The second kappa shape index (κ2) is 8.25. The van der Waals surface area contributed by atoms with Crippen LogP contribution >= 0.6 is 0 Å².